The Balaban J connectivity index is 1.59. The van der Waals surface area contributed by atoms with Gasteiger partial charge >= 0.3 is 0 Å². The Hall–Kier alpha value is -2.15. The van der Waals surface area contributed by atoms with Crippen LogP contribution in [0.25, 0.3) is 11.5 Å². The van der Waals surface area contributed by atoms with Gasteiger partial charge in [-0.3, -0.25) is 14.5 Å². The molecule has 0 aliphatic carbocycles. The van der Waals surface area contributed by atoms with E-state index in [-0.39, 0.29) is 17.2 Å². The van der Waals surface area contributed by atoms with Crippen molar-refractivity contribution >= 4 is 23.6 Å². The van der Waals surface area contributed by atoms with Crippen LogP contribution in [0, 0.1) is 0 Å². The number of carbonyl (C=O) groups excluding carboxylic acids is 2. The molecule has 6 nitrogen and oxygen atoms in total. The number of benzene rings is 1. The van der Waals surface area contributed by atoms with Crippen LogP contribution in [0.5, 0.6) is 0 Å². The van der Waals surface area contributed by atoms with E-state index in [9.17, 15) is 9.59 Å². The van der Waals surface area contributed by atoms with Crippen LogP contribution in [0.2, 0.25) is 0 Å². The number of hydrogen-bond acceptors (Lipinski definition) is 6. The third-order valence-electron chi connectivity index (χ3n) is 4.10. The molecule has 2 heterocycles. The van der Waals surface area contributed by atoms with Gasteiger partial charge in [0.1, 0.15) is 0 Å². The number of imide groups is 1. The zero-order chi connectivity index (χ0) is 18.0. The molecule has 0 saturated carbocycles. The van der Waals surface area contributed by atoms with Crippen molar-refractivity contribution in [2.45, 2.75) is 44.3 Å². The molecule has 1 aromatic heterocycles. The predicted molar refractivity (Wildman–Crippen MR) is 95.1 cm³/mol. The van der Waals surface area contributed by atoms with Gasteiger partial charge in [-0.05, 0) is 23.1 Å². The van der Waals surface area contributed by atoms with Crippen LogP contribution in [0.1, 0.15) is 39.2 Å². The maximum atomic E-state index is 11.6. The van der Waals surface area contributed by atoms with Gasteiger partial charge in [-0.15, -0.1) is 10.2 Å². The van der Waals surface area contributed by atoms with Gasteiger partial charge in [0, 0.05) is 30.7 Å². The zero-order valence-corrected chi connectivity index (χ0v) is 15.4. The Morgan fingerprint density at radius 1 is 1.08 bits per heavy atom. The average molecular weight is 359 g/mol. The monoisotopic (exact) mass is 359 g/mol. The van der Waals surface area contributed by atoms with Gasteiger partial charge in [0.15, 0.2) is 0 Å². The molecule has 1 aliphatic rings. The quantitative estimate of drug-likeness (QED) is 0.602. The van der Waals surface area contributed by atoms with Crippen molar-refractivity contribution in [2.75, 3.05) is 12.3 Å². The zero-order valence-electron chi connectivity index (χ0n) is 14.6. The summed E-state index contributed by atoms with van der Waals surface area (Å²) in [7, 11) is 0. The van der Waals surface area contributed by atoms with E-state index < -0.39 is 0 Å². The van der Waals surface area contributed by atoms with E-state index in [2.05, 4.69) is 43.1 Å². The largest absolute Gasteiger partial charge is 0.411 e. The van der Waals surface area contributed by atoms with Crippen LogP contribution in [0.3, 0.4) is 0 Å². The highest BCUT2D eigenvalue weighted by atomic mass is 32.2. The van der Waals surface area contributed by atoms with Crippen LogP contribution in [-0.4, -0.2) is 39.2 Å². The first-order valence-electron chi connectivity index (χ1n) is 8.25. The van der Waals surface area contributed by atoms with E-state index in [1.54, 1.807) is 0 Å². The summed E-state index contributed by atoms with van der Waals surface area (Å²) in [4.78, 5) is 24.4. The third-order valence-corrected chi connectivity index (χ3v) is 4.90. The van der Waals surface area contributed by atoms with Gasteiger partial charge in [-0.25, -0.2) is 0 Å². The SMILES string of the molecule is CC(C)(C)c1ccc(-c2nnc(SCCN3C(=O)CCC3=O)o2)cc1. The lowest BCUT2D eigenvalue weighted by Crippen LogP contribution is -2.31. The molecule has 25 heavy (non-hydrogen) atoms. The number of hydrogen-bond donors (Lipinski definition) is 0. The summed E-state index contributed by atoms with van der Waals surface area (Å²) in [6.45, 7) is 6.87. The Labute approximate surface area is 151 Å². The van der Waals surface area contributed by atoms with E-state index in [0.29, 0.717) is 36.3 Å². The highest BCUT2D eigenvalue weighted by Gasteiger charge is 2.28. The van der Waals surface area contributed by atoms with E-state index >= 15 is 0 Å². The highest BCUT2D eigenvalue weighted by molar-refractivity contribution is 7.99. The maximum absolute atomic E-state index is 11.6. The summed E-state index contributed by atoms with van der Waals surface area (Å²) in [5.74, 6) is 0.810. The summed E-state index contributed by atoms with van der Waals surface area (Å²) >= 11 is 1.35. The van der Waals surface area contributed by atoms with Crippen molar-refractivity contribution < 1.29 is 14.0 Å². The van der Waals surface area contributed by atoms with Crippen molar-refractivity contribution in [1.29, 1.82) is 0 Å². The molecule has 1 aliphatic heterocycles. The van der Waals surface area contributed by atoms with Crippen LogP contribution >= 0.6 is 11.8 Å². The standard InChI is InChI=1S/C18H21N3O3S/c1-18(2,3)13-6-4-12(5-7-13)16-19-20-17(24-16)25-11-10-21-14(22)8-9-15(21)23/h4-7H,8-11H2,1-3H3. The van der Waals surface area contributed by atoms with E-state index in [0.717, 1.165) is 5.56 Å². The number of rotatable bonds is 5. The minimum absolute atomic E-state index is 0.0961. The molecule has 1 aromatic carbocycles. The van der Waals surface area contributed by atoms with Crippen LogP contribution < -0.4 is 0 Å². The number of nitrogens with zero attached hydrogens (tertiary/aromatic N) is 3. The van der Waals surface area contributed by atoms with Crippen LogP contribution in [-0.2, 0) is 15.0 Å². The topological polar surface area (TPSA) is 76.3 Å². The number of amides is 2. The average Bonchev–Trinajstić information content (AvgIpc) is 3.16. The van der Waals surface area contributed by atoms with Gasteiger partial charge in [0.25, 0.3) is 5.22 Å². The Morgan fingerprint density at radius 2 is 1.72 bits per heavy atom. The molecule has 2 aromatic rings. The van der Waals surface area contributed by atoms with E-state index in [4.69, 9.17) is 4.42 Å². The van der Waals surface area contributed by atoms with Crippen molar-refractivity contribution in [2.24, 2.45) is 0 Å². The second-order valence-electron chi connectivity index (χ2n) is 6.99. The molecule has 0 atom stereocenters. The molecule has 0 radical (unpaired) electrons. The molecule has 7 heteroatoms. The molecule has 0 unspecified atom stereocenters. The molecule has 1 saturated heterocycles. The lowest BCUT2D eigenvalue weighted by molar-refractivity contribution is -0.137. The number of aromatic nitrogens is 2. The second-order valence-corrected chi connectivity index (χ2v) is 8.03. The molecule has 0 bridgehead atoms. The summed E-state index contributed by atoms with van der Waals surface area (Å²) in [6, 6.07) is 8.09. The van der Waals surface area contributed by atoms with E-state index in [1.807, 2.05) is 12.1 Å². The van der Waals surface area contributed by atoms with Crippen molar-refractivity contribution in [3.63, 3.8) is 0 Å². The number of thioether (sulfide) groups is 1. The van der Waals surface area contributed by atoms with Crippen molar-refractivity contribution in [3.8, 4) is 11.5 Å². The molecule has 1 fully saturated rings. The minimum Gasteiger partial charge on any atom is -0.411 e. The van der Waals surface area contributed by atoms with Gasteiger partial charge in [-0.1, -0.05) is 44.7 Å². The van der Waals surface area contributed by atoms with Gasteiger partial charge in [0.2, 0.25) is 17.7 Å². The molecule has 3 rings (SSSR count). The molecule has 0 spiro atoms. The van der Waals surface area contributed by atoms with Gasteiger partial charge < -0.3 is 4.42 Å². The number of carbonyl (C=O) groups is 2. The molecular formula is C18H21N3O3S. The lowest BCUT2D eigenvalue weighted by atomic mass is 9.87. The fourth-order valence-corrected chi connectivity index (χ4v) is 3.28. The summed E-state index contributed by atoms with van der Waals surface area (Å²) in [6.07, 6.45) is 0.636. The van der Waals surface area contributed by atoms with Crippen molar-refractivity contribution in [3.05, 3.63) is 29.8 Å². The lowest BCUT2D eigenvalue weighted by Gasteiger charge is -2.18. The minimum atomic E-state index is -0.101. The van der Waals surface area contributed by atoms with Crippen LogP contribution in [0.15, 0.2) is 33.9 Å². The first kappa shape index (κ1) is 17.7. The Kier molecular flexibility index (Phi) is 4.94. The Bertz CT molecular complexity index is 762. The first-order chi connectivity index (χ1) is 11.8. The second kappa shape index (κ2) is 7.00. The molecule has 2 amide bonds. The summed E-state index contributed by atoms with van der Waals surface area (Å²) in [5, 5.41) is 8.54. The predicted octanol–water partition coefficient (Wildman–Crippen LogP) is 3.28. The Morgan fingerprint density at radius 3 is 2.32 bits per heavy atom. The van der Waals surface area contributed by atoms with E-state index in [1.165, 1.54) is 22.2 Å². The van der Waals surface area contributed by atoms with Gasteiger partial charge in [0.05, 0.1) is 0 Å². The smallest absolute Gasteiger partial charge is 0.276 e. The third kappa shape index (κ3) is 4.10. The normalized spacial score (nSPS) is 15.2. The highest BCUT2D eigenvalue weighted by Crippen LogP contribution is 2.27. The van der Waals surface area contributed by atoms with Gasteiger partial charge in [-0.2, -0.15) is 0 Å². The van der Waals surface area contributed by atoms with Crippen LogP contribution in [0.4, 0.5) is 0 Å². The summed E-state index contributed by atoms with van der Waals surface area (Å²) in [5.41, 5.74) is 2.21. The number of likely N-dealkylation sites (tertiary alicyclic amines) is 1. The molecule has 132 valence electrons. The van der Waals surface area contributed by atoms with Crippen molar-refractivity contribution in [1.82, 2.24) is 15.1 Å². The first-order valence-corrected chi connectivity index (χ1v) is 9.23. The molecule has 0 N–H and O–H groups in total. The molecular weight excluding hydrogens is 338 g/mol. The summed E-state index contributed by atoms with van der Waals surface area (Å²) < 4.78 is 5.67. The fourth-order valence-electron chi connectivity index (χ4n) is 2.59. The maximum Gasteiger partial charge on any atom is 0.276 e. The fraction of sp³-hybridized carbons (Fsp3) is 0.444.